The Kier molecular flexibility index (Phi) is 6.98. The maximum Gasteiger partial charge on any atom is 0.0431 e. The lowest BCUT2D eigenvalue weighted by molar-refractivity contribution is 0.169. The molecule has 0 aromatic heterocycles. The summed E-state index contributed by atoms with van der Waals surface area (Å²) in [5, 5.41) is 12.0. The van der Waals surface area contributed by atoms with E-state index in [1.54, 1.807) is 0 Å². The van der Waals surface area contributed by atoms with Crippen LogP contribution in [0.3, 0.4) is 0 Å². The topological polar surface area (TPSA) is 35.5 Å². The van der Waals surface area contributed by atoms with Gasteiger partial charge in [-0.25, -0.2) is 0 Å². The molecule has 1 heterocycles. The first-order valence-electron chi connectivity index (χ1n) is 6.34. The Morgan fingerprint density at radius 2 is 2.20 bits per heavy atom. The van der Waals surface area contributed by atoms with Crippen LogP contribution in [0.4, 0.5) is 0 Å². The summed E-state index contributed by atoms with van der Waals surface area (Å²) in [5.41, 5.74) is 0. The summed E-state index contributed by atoms with van der Waals surface area (Å²) in [6.45, 7) is 5.27. The predicted octanol–water partition coefficient (Wildman–Crippen LogP) is 1.08. The molecule has 0 aliphatic carbocycles. The van der Waals surface area contributed by atoms with Crippen LogP contribution in [0.15, 0.2) is 0 Å². The van der Waals surface area contributed by atoms with Gasteiger partial charge >= 0.3 is 0 Å². The molecule has 0 saturated carbocycles. The molecule has 1 unspecified atom stereocenters. The molecule has 1 fully saturated rings. The second-order valence-corrected chi connectivity index (χ2v) is 4.65. The summed E-state index contributed by atoms with van der Waals surface area (Å²) in [4.78, 5) is 2.59. The van der Waals surface area contributed by atoms with Crippen molar-refractivity contribution in [1.29, 1.82) is 0 Å². The van der Waals surface area contributed by atoms with E-state index in [0.29, 0.717) is 6.61 Å². The van der Waals surface area contributed by atoms with Gasteiger partial charge in [0.25, 0.3) is 0 Å². The van der Waals surface area contributed by atoms with Gasteiger partial charge in [0.2, 0.25) is 0 Å². The zero-order chi connectivity index (χ0) is 10.9. The highest BCUT2D eigenvalue weighted by atomic mass is 16.2. The third kappa shape index (κ3) is 5.50. The van der Waals surface area contributed by atoms with Gasteiger partial charge in [0.05, 0.1) is 0 Å². The normalized spacial score (nSPS) is 23.2. The van der Waals surface area contributed by atoms with E-state index in [1.807, 2.05) is 7.05 Å². The van der Waals surface area contributed by atoms with Crippen molar-refractivity contribution in [2.45, 2.75) is 32.1 Å². The van der Waals surface area contributed by atoms with Gasteiger partial charge < -0.3 is 15.3 Å². The van der Waals surface area contributed by atoms with Crippen molar-refractivity contribution in [3.63, 3.8) is 0 Å². The molecule has 15 heavy (non-hydrogen) atoms. The highest BCUT2D eigenvalue weighted by molar-refractivity contribution is 4.73. The second kappa shape index (κ2) is 8.08. The first-order valence-corrected chi connectivity index (χ1v) is 6.34. The van der Waals surface area contributed by atoms with Crippen LogP contribution in [0.25, 0.3) is 0 Å². The predicted molar refractivity (Wildman–Crippen MR) is 64.0 cm³/mol. The summed E-state index contributed by atoms with van der Waals surface area (Å²) >= 11 is 0. The van der Waals surface area contributed by atoms with E-state index in [1.165, 1.54) is 45.3 Å². The number of nitrogens with zero attached hydrogens (tertiary/aromatic N) is 1. The van der Waals surface area contributed by atoms with Crippen molar-refractivity contribution in [3.05, 3.63) is 0 Å². The number of nitrogens with one attached hydrogen (secondary N) is 1. The molecule has 0 bridgehead atoms. The van der Waals surface area contributed by atoms with Crippen molar-refractivity contribution in [2.24, 2.45) is 5.92 Å². The second-order valence-electron chi connectivity index (χ2n) is 4.65. The molecule has 1 atom stereocenters. The smallest absolute Gasteiger partial charge is 0.0431 e. The fourth-order valence-electron chi connectivity index (χ4n) is 2.43. The lowest BCUT2D eigenvalue weighted by Crippen LogP contribution is -2.39. The van der Waals surface area contributed by atoms with Crippen LogP contribution in [0, 0.1) is 5.92 Å². The van der Waals surface area contributed by atoms with E-state index in [2.05, 4.69) is 10.2 Å². The van der Waals surface area contributed by atoms with Gasteiger partial charge in [-0.2, -0.15) is 0 Å². The zero-order valence-corrected chi connectivity index (χ0v) is 10.0. The van der Waals surface area contributed by atoms with Crippen molar-refractivity contribution in [3.8, 4) is 0 Å². The average Bonchev–Trinajstić information content (AvgIpc) is 2.26. The summed E-state index contributed by atoms with van der Waals surface area (Å²) in [6.07, 6.45) is 6.12. The molecule has 2 N–H and O–H groups in total. The van der Waals surface area contributed by atoms with Crippen LogP contribution in [-0.2, 0) is 0 Å². The highest BCUT2D eigenvalue weighted by Gasteiger charge is 2.18. The van der Waals surface area contributed by atoms with Gasteiger partial charge in [0.1, 0.15) is 0 Å². The molecule has 3 nitrogen and oxygen atoms in total. The van der Waals surface area contributed by atoms with Gasteiger partial charge in [-0.1, -0.05) is 0 Å². The SMILES string of the molecule is CNCC1CCCN(CCCCCO)C1. The maximum absolute atomic E-state index is 8.69. The number of piperidine rings is 1. The largest absolute Gasteiger partial charge is 0.396 e. The minimum atomic E-state index is 0.350. The van der Waals surface area contributed by atoms with E-state index in [0.717, 1.165) is 18.9 Å². The molecule has 0 aromatic rings. The van der Waals surface area contributed by atoms with Crippen LogP contribution in [-0.4, -0.2) is 49.8 Å². The molecule has 1 aliphatic heterocycles. The first kappa shape index (κ1) is 12.9. The Morgan fingerprint density at radius 3 is 2.93 bits per heavy atom. The lowest BCUT2D eigenvalue weighted by atomic mass is 9.98. The van der Waals surface area contributed by atoms with E-state index in [4.69, 9.17) is 5.11 Å². The quantitative estimate of drug-likeness (QED) is 0.623. The van der Waals surface area contributed by atoms with Crippen LogP contribution in [0.1, 0.15) is 32.1 Å². The molecule has 3 heteroatoms. The molecule has 0 spiro atoms. The van der Waals surface area contributed by atoms with Gasteiger partial charge in [0.15, 0.2) is 0 Å². The highest BCUT2D eigenvalue weighted by Crippen LogP contribution is 2.16. The third-order valence-electron chi connectivity index (χ3n) is 3.23. The van der Waals surface area contributed by atoms with Crippen molar-refractivity contribution < 1.29 is 5.11 Å². The van der Waals surface area contributed by atoms with Crippen molar-refractivity contribution >= 4 is 0 Å². The molecule has 1 aliphatic rings. The Bertz CT molecular complexity index is 151. The van der Waals surface area contributed by atoms with Gasteiger partial charge in [-0.15, -0.1) is 0 Å². The first-order chi connectivity index (χ1) is 7.36. The maximum atomic E-state index is 8.69. The zero-order valence-electron chi connectivity index (χ0n) is 10.0. The van der Waals surface area contributed by atoms with E-state index >= 15 is 0 Å². The number of hydrogen-bond acceptors (Lipinski definition) is 3. The molecule has 1 rings (SSSR count). The molecular formula is C12H26N2O. The monoisotopic (exact) mass is 214 g/mol. The molecule has 1 saturated heterocycles. The number of likely N-dealkylation sites (tertiary alicyclic amines) is 1. The Hall–Kier alpha value is -0.120. The Balaban J connectivity index is 2.07. The molecular weight excluding hydrogens is 188 g/mol. The van der Waals surface area contributed by atoms with E-state index in [9.17, 15) is 0 Å². The summed E-state index contributed by atoms with van der Waals surface area (Å²) in [7, 11) is 2.04. The van der Waals surface area contributed by atoms with E-state index < -0.39 is 0 Å². The summed E-state index contributed by atoms with van der Waals surface area (Å²) in [6, 6.07) is 0. The molecule has 0 radical (unpaired) electrons. The van der Waals surface area contributed by atoms with Gasteiger partial charge in [-0.3, -0.25) is 0 Å². The van der Waals surface area contributed by atoms with Crippen LogP contribution in [0.5, 0.6) is 0 Å². The fourth-order valence-corrected chi connectivity index (χ4v) is 2.43. The molecule has 0 amide bonds. The van der Waals surface area contributed by atoms with Crippen LogP contribution >= 0.6 is 0 Å². The third-order valence-corrected chi connectivity index (χ3v) is 3.23. The van der Waals surface area contributed by atoms with Gasteiger partial charge in [-0.05, 0) is 64.7 Å². The minimum Gasteiger partial charge on any atom is -0.396 e. The van der Waals surface area contributed by atoms with Crippen molar-refractivity contribution in [2.75, 3.05) is 39.8 Å². The lowest BCUT2D eigenvalue weighted by Gasteiger charge is -2.32. The molecule has 0 aromatic carbocycles. The van der Waals surface area contributed by atoms with Gasteiger partial charge in [0, 0.05) is 13.2 Å². The Morgan fingerprint density at radius 1 is 1.33 bits per heavy atom. The molecule has 90 valence electrons. The average molecular weight is 214 g/mol. The Labute approximate surface area is 93.9 Å². The summed E-state index contributed by atoms with van der Waals surface area (Å²) in [5.74, 6) is 0.849. The number of aliphatic hydroxyl groups is 1. The number of aliphatic hydroxyl groups excluding tert-OH is 1. The van der Waals surface area contributed by atoms with Crippen molar-refractivity contribution in [1.82, 2.24) is 10.2 Å². The van der Waals surface area contributed by atoms with Crippen LogP contribution in [0.2, 0.25) is 0 Å². The fraction of sp³-hybridized carbons (Fsp3) is 1.00. The standard InChI is InChI=1S/C12H26N2O/c1-13-10-12-6-5-8-14(11-12)7-3-2-4-9-15/h12-13,15H,2-11H2,1H3. The summed E-state index contributed by atoms with van der Waals surface area (Å²) < 4.78 is 0. The number of unbranched alkanes of at least 4 members (excludes halogenated alkanes) is 2. The number of hydrogen-bond donors (Lipinski definition) is 2. The number of rotatable bonds is 7. The van der Waals surface area contributed by atoms with E-state index in [-0.39, 0.29) is 0 Å². The van der Waals surface area contributed by atoms with Crippen LogP contribution < -0.4 is 5.32 Å². The minimum absolute atomic E-state index is 0.350.